The monoisotopic (exact) mass is 361 g/mol. The average molecular weight is 361 g/mol. The molecular weight excluding hydrogens is 330 g/mol. The lowest BCUT2D eigenvalue weighted by Gasteiger charge is -2.25. The molecule has 0 spiro atoms. The van der Waals surface area contributed by atoms with Gasteiger partial charge in [0.2, 0.25) is 0 Å². The lowest BCUT2D eigenvalue weighted by molar-refractivity contribution is -0.138. The van der Waals surface area contributed by atoms with E-state index in [4.69, 9.17) is 5.11 Å². The predicted molar refractivity (Wildman–Crippen MR) is 102 cm³/mol. The SMILES string of the molecule is Cc1cc(C)cc(CCNC(=O)N2CCCC(N(C)CC(=O)O)CC2)c1. The number of benzene rings is 1. The molecule has 1 heterocycles. The molecule has 0 radical (unpaired) electrons. The van der Waals surface area contributed by atoms with Crippen molar-refractivity contribution >= 4 is 12.0 Å². The van der Waals surface area contributed by atoms with E-state index in [2.05, 4.69) is 37.4 Å². The summed E-state index contributed by atoms with van der Waals surface area (Å²) in [5, 5.41) is 12.0. The van der Waals surface area contributed by atoms with E-state index < -0.39 is 5.97 Å². The molecule has 1 fully saturated rings. The number of nitrogens with one attached hydrogen (secondary N) is 1. The summed E-state index contributed by atoms with van der Waals surface area (Å²) in [7, 11) is 1.85. The molecule has 0 aliphatic carbocycles. The predicted octanol–water partition coefficient (Wildman–Crippen LogP) is 2.43. The van der Waals surface area contributed by atoms with Gasteiger partial charge < -0.3 is 15.3 Å². The van der Waals surface area contributed by atoms with Crippen LogP contribution in [0.1, 0.15) is 36.0 Å². The zero-order valence-electron chi connectivity index (χ0n) is 16.1. The number of nitrogens with zero attached hydrogens (tertiary/aromatic N) is 2. The first-order chi connectivity index (χ1) is 12.3. The van der Waals surface area contributed by atoms with E-state index >= 15 is 0 Å². The largest absolute Gasteiger partial charge is 0.480 e. The summed E-state index contributed by atoms with van der Waals surface area (Å²) in [6, 6.07) is 6.68. The molecule has 1 aliphatic rings. The standard InChI is InChI=1S/C20H31N3O3/c1-15-11-16(2)13-17(12-15)6-8-21-20(26)23-9-4-5-18(7-10-23)22(3)14-19(24)25/h11-13,18H,4-10,14H2,1-3H3,(H,21,26)(H,24,25). The summed E-state index contributed by atoms with van der Waals surface area (Å²) in [6.07, 6.45) is 3.47. The van der Waals surface area contributed by atoms with Gasteiger partial charge in [-0.15, -0.1) is 0 Å². The number of aliphatic carboxylic acids is 1. The molecule has 144 valence electrons. The van der Waals surface area contributed by atoms with Crippen LogP contribution in [0.5, 0.6) is 0 Å². The third-order valence-electron chi connectivity index (χ3n) is 4.96. The average Bonchev–Trinajstić information content (AvgIpc) is 2.79. The van der Waals surface area contributed by atoms with Gasteiger partial charge in [-0.3, -0.25) is 9.69 Å². The Hall–Kier alpha value is -2.08. The quantitative estimate of drug-likeness (QED) is 0.816. The second-order valence-corrected chi connectivity index (χ2v) is 7.36. The summed E-state index contributed by atoms with van der Waals surface area (Å²) < 4.78 is 0. The summed E-state index contributed by atoms with van der Waals surface area (Å²) in [5.74, 6) is -0.808. The first-order valence-corrected chi connectivity index (χ1v) is 9.37. The zero-order chi connectivity index (χ0) is 19.1. The van der Waals surface area contributed by atoms with Crippen LogP contribution in [0.25, 0.3) is 0 Å². The van der Waals surface area contributed by atoms with E-state index in [1.165, 1.54) is 16.7 Å². The van der Waals surface area contributed by atoms with Gasteiger partial charge in [0.15, 0.2) is 0 Å². The van der Waals surface area contributed by atoms with E-state index in [0.717, 1.165) is 32.2 Å². The van der Waals surface area contributed by atoms with Crippen LogP contribution in [-0.2, 0) is 11.2 Å². The number of carbonyl (C=O) groups is 2. The summed E-state index contributed by atoms with van der Waals surface area (Å²) in [5.41, 5.74) is 3.74. The van der Waals surface area contributed by atoms with Crippen molar-refractivity contribution in [3.63, 3.8) is 0 Å². The third kappa shape index (κ3) is 6.33. The van der Waals surface area contributed by atoms with Crippen molar-refractivity contribution in [2.24, 2.45) is 0 Å². The van der Waals surface area contributed by atoms with Crippen LogP contribution in [0, 0.1) is 13.8 Å². The zero-order valence-corrected chi connectivity index (χ0v) is 16.1. The minimum absolute atomic E-state index is 0.0177. The van der Waals surface area contributed by atoms with Crippen molar-refractivity contribution in [2.75, 3.05) is 33.2 Å². The number of likely N-dealkylation sites (tertiary alicyclic amines) is 1. The number of aryl methyl sites for hydroxylation is 2. The molecule has 26 heavy (non-hydrogen) atoms. The van der Waals surface area contributed by atoms with Crippen molar-refractivity contribution < 1.29 is 14.7 Å². The van der Waals surface area contributed by atoms with Gasteiger partial charge in [0, 0.05) is 25.7 Å². The molecule has 6 heteroatoms. The number of carbonyl (C=O) groups excluding carboxylic acids is 1. The van der Waals surface area contributed by atoms with Crippen LogP contribution in [0.3, 0.4) is 0 Å². The lowest BCUT2D eigenvalue weighted by Crippen LogP contribution is -2.42. The maximum Gasteiger partial charge on any atom is 0.317 e. The van der Waals surface area contributed by atoms with Gasteiger partial charge in [-0.1, -0.05) is 29.3 Å². The van der Waals surface area contributed by atoms with Crippen LogP contribution in [0.2, 0.25) is 0 Å². The Labute approximate surface area is 156 Å². The number of hydrogen-bond donors (Lipinski definition) is 2. The molecule has 1 aliphatic heterocycles. The fourth-order valence-corrected chi connectivity index (χ4v) is 3.70. The van der Waals surface area contributed by atoms with Gasteiger partial charge in [0.1, 0.15) is 0 Å². The van der Waals surface area contributed by atoms with E-state index in [9.17, 15) is 9.59 Å². The number of amides is 2. The molecule has 6 nitrogen and oxygen atoms in total. The van der Waals surface area contributed by atoms with Gasteiger partial charge in [-0.2, -0.15) is 0 Å². The molecular formula is C20H31N3O3. The molecule has 2 N–H and O–H groups in total. The lowest BCUT2D eigenvalue weighted by atomic mass is 10.1. The topological polar surface area (TPSA) is 72.9 Å². The molecule has 1 atom stereocenters. The van der Waals surface area contributed by atoms with Crippen LogP contribution in [0.15, 0.2) is 18.2 Å². The Morgan fingerprint density at radius 1 is 1.19 bits per heavy atom. The van der Waals surface area contributed by atoms with Crippen LogP contribution in [-0.4, -0.2) is 66.2 Å². The Bertz CT molecular complexity index is 612. The number of likely N-dealkylation sites (N-methyl/N-ethyl adjacent to an activating group) is 1. The number of rotatable bonds is 6. The summed E-state index contributed by atoms with van der Waals surface area (Å²) >= 11 is 0. The van der Waals surface area contributed by atoms with Crippen LogP contribution < -0.4 is 5.32 Å². The molecule has 0 bridgehead atoms. The van der Waals surface area contributed by atoms with Crippen molar-refractivity contribution in [3.8, 4) is 0 Å². The molecule has 2 rings (SSSR count). The van der Waals surface area contributed by atoms with Crippen molar-refractivity contribution in [3.05, 3.63) is 34.9 Å². The second-order valence-electron chi connectivity index (χ2n) is 7.36. The molecule has 0 aromatic heterocycles. The molecule has 2 amide bonds. The number of carboxylic acids is 1. The number of hydrogen-bond acceptors (Lipinski definition) is 3. The van der Waals surface area contributed by atoms with E-state index in [1.54, 1.807) is 0 Å². The van der Waals surface area contributed by atoms with Crippen LogP contribution in [0.4, 0.5) is 4.79 Å². The fourth-order valence-electron chi connectivity index (χ4n) is 3.70. The van der Waals surface area contributed by atoms with Gasteiger partial charge in [-0.05, 0) is 52.1 Å². The Morgan fingerprint density at radius 3 is 2.54 bits per heavy atom. The van der Waals surface area contributed by atoms with E-state index in [-0.39, 0.29) is 18.6 Å². The summed E-state index contributed by atoms with van der Waals surface area (Å²) in [6.45, 7) is 6.25. The minimum Gasteiger partial charge on any atom is -0.480 e. The highest BCUT2D eigenvalue weighted by atomic mass is 16.4. The highest BCUT2D eigenvalue weighted by molar-refractivity contribution is 5.74. The molecule has 1 unspecified atom stereocenters. The van der Waals surface area contributed by atoms with Gasteiger partial charge in [0.25, 0.3) is 0 Å². The first-order valence-electron chi connectivity index (χ1n) is 9.37. The van der Waals surface area contributed by atoms with E-state index in [0.29, 0.717) is 13.1 Å². The fraction of sp³-hybridized carbons (Fsp3) is 0.600. The number of urea groups is 1. The number of carboxylic acid groups (broad SMARTS) is 1. The van der Waals surface area contributed by atoms with E-state index in [1.807, 2.05) is 16.8 Å². The third-order valence-corrected chi connectivity index (χ3v) is 4.96. The highest BCUT2D eigenvalue weighted by Crippen LogP contribution is 2.16. The normalized spacial score (nSPS) is 17.8. The van der Waals surface area contributed by atoms with Gasteiger partial charge in [-0.25, -0.2) is 4.79 Å². The van der Waals surface area contributed by atoms with Gasteiger partial charge >= 0.3 is 12.0 Å². The van der Waals surface area contributed by atoms with Crippen molar-refractivity contribution in [2.45, 2.75) is 45.6 Å². The van der Waals surface area contributed by atoms with Crippen molar-refractivity contribution in [1.82, 2.24) is 15.1 Å². The van der Waals surface area contributed by atoms with Gasteiger partial charge in [0.05, 0.1) is 6.54 Å². The summed E-state index contributed by atoms with van der Waals surface area (Å²) in [4.78, 5) is 27.0. The Kier molecular flexibility index (Phi) is 7.45. The Balaban J connectivity index is 1.78. The Morgan fingerprint density at radius 2 is 1.88 bits per heavy atom. The first kappa shape index (κ1) is 20.2. The molecule has 1 aromatic rings. The maximum absolute atomic E-state index is 12.4. The molecule has 1 saturated heterocycles. The smallest absolute Gasteiger partial charge is 0.317 e. The molecule has 0 saturated carbocycles. The maximum atomic E-state index is 12.4. The molecule has 1 aromatic carbocycles. The highest BCUT2D eigenvalue weighted by Gasteiger charge is 2.23. The minimum atomic E-state index is -0.808. The van der Waals surface area contributed by atoms with Crippen molar-refractivity contribution in [1.29, 1.82) is 0 Å². The second kappa shape index (κ2) is 9.57. The van der Waals surface area contributed by atoms with Crippen LogP contribution >= 0.6 is 0 Å².